The minimum absolute atomic E-state index is 0. The van der Waals surface area contributed by atoms with E-state index in [9.17, 15) is 4.79 Å². The van der Waals surface area contributed by atoms with Crippen LogP contribution in [0.4, 0.5) is 0 Å². The number of benzene rings is 2. The smallest absolute Gasteiger partial charge is 0.233 e. The van der Waals surface area contributed by atoms with E-state index in [0.717, 1.165) is 23.0 Å². The summed E-state index contributed by atoms with van der Waals surface area (Å²) in [7, 11) is 0. The third kappa shape index (κ3) is 4.65. The lowest BCUT2D eigenvalue weighted by atomic mass is 10.1. The normalized spacial score (nSPS) is 11.8. The van der Waals surface area contributed by atoms with Gasteiger partial charge >= 0.3 is 0 Å². The average molecular weight is 373 g/mol. The maximum absolute atomic E-state index is 13.1. The third-order valence-corrected chi connectivity index (χ3v) is 4.40. The van der Waals surface area contributed by atoms with Crippen molar-refractivity contribution in [1.29, 1.82) is 0 Å². The lowest BCUT2D eigenvalue weighted by molar-refractivity contribution is -0.133. The van der Waals surface area contributed by atoms with E-state index in [-0.39, 0.29) is 24.2 Å². The summed E-state index contributed by atoms with van der Waals surface area (Å²) >= 11 is 0. The first-order valence-electron chi connectivity index (χ1n) is 8.70. The van der Waals surface area contributed by atoms with Crippen molar-refractivity contribution in [3.05, 3.63) is 72.0 Å². The molecule has 1 amide bonds. The standard InChI is InChI=1S/C21H24N2O2.ClH/c1-16(20-14-18-10-5-6-11-19(18)25-20)21(24)23(13-7-12-22)15-17-8-3-2-4-9-17;/h2-6,8-11,14,16H,7,12-13,15,22H2,1H3;1H. The molecule has 138 valence electrons. The van der Waals surface area contributed by atoms with Crippen LogP contribution in [0.15, 0.2) is 65.1 Å². The van der Waals surface area contributed by atoms with Crippen molar-refractivity contribution in [2.24, 2.45) is 5.73 Å². The predicted octanol–water partition coefficient (Wildman–Crippen LogP) is 4.34. The fraction of sp³-hybridized carbons (Fsp3) is 0.286. The predicted molar refractivity (Wildman–Crippen MR) is 107 cm³/mol. The number of para-hydroxylation sites is 1. The molecule has 5 heteroatoms. The summed E-state index contributed by atoms with van der Waals surface area (Å²) in [5.41, 5.74) is 7.58. The van der Waals surface area contributed by atoms with Crippen molar-refractivity contribution in [3.63, 3.8) is 0 Å². The number of carbonyl (C=O) groups excluding carboxylic acids is 1. The molecule has 0 saturated carbocycles. The Hall–Kier alpha value is -2.30. The Morgan fingerprint density at radius 3 is 2.50 bits per heavy atom. The molecule has 1 aromatic heterocycles. The van der Waals surface area contributed by atoms with E-state index in [1.54, 1.807) is 0 Å². The second-order valence-corrected chi connectivity index (χ2v) is 6.30. The van der Waals surface area contributed by atoms with Crippen LogP contribution in [-0.4, -0.2) is 23.9 Å². The zero-order valence-corrected chi connectivity index (χ0v) is 15.7. The molecule has 4 nitrogen and oxygen atoms in total. The molecule has 1 heterocycles. The Bertz CT molecular complexity index is 799. The molecule has 0 radical (unpaired) electrons. The number of halogens is 1. The van der Waals surface area contributed by atoms with Gasteiger partial charge in [0.25, 0.3) is 0 Å². The van der Waals surface area contributed by atoms with Crippen LogP contribution < -0.4 is 5.73 Å². The first-order valence-corrected chi connectivity index (χ1v) is 8.70. The highest BCUT2D eigenvalue weighted by atomic mass is 35.5. The Kier molecular flexibility index (Phi) is 7.25. The van der Waals surface area contributed by atoms with Crippen molar-refractivity contribution in [1.82, 2.24) is 4.90 Å². The van der Waals surface area contributed by atoms with Crippen LogP contribution in [0.5, 0.6) is 0 Å². The Morgan fingerprint density at radius 2 is 1.81 bits per heavy atom. The highest BCUT2D eigenvalue weighted by Crippen LogP contribution is 2.26. The summed E-state index contributed by atoms with van der Waals surface area (Å²) < 4.78 is 5.88. The number of rotatable bonds is 7. The summed E-state index contributed by atoms with van der Waals surface area (Å²) in [6.45, 7) is 3.71. The molecule has 2 aromatic carbocycles. The molecule has 2 N–H and O–H groups in total. The van der Waals surface area contributed by atoms with Gasteiger partial charge in [0.15, 0.2) is 0 Å². The molecular formula is C21H25ClN2O2. The number of amides is 1. The third-order valence-electron chi connectivity index (χ3n) is 4.40. The largest absolute Gasteiger partial charge is 0.460 e. The van der Waals surface area contributed by atoms with Crippen LogP contribution in [0.25, 0.3) is 11.0 Å². The zero-order chi connectivity index (χ0) is 17.6. The van der Waals surface area contributed by atoms with Gasteiger partial charge in [-0.1, -0.05) is 48.5 Å². The molecule has 0 bridgehead atoms. The molecule has 0 aliphatic heterocycles. The molecule has 26 heavy (non-hydrogen) atoms. The molecule has 1 unspecified atom stereocenters. The quantitative estimate of drug-likeness (QED) is 0.671. The first kappa shape index (κ1) is 20.0. The molecule has 0 aliphatic rings. The summed E-state index contributed by atoms with van der Waals surface area (Å²) in [6.07, 6.45) is 0.783. The van der Waals surface area contributed by atoms with E-state index in [1.165, 1.54) is 0 Å². The Morgan fingerprint density at radius 1 is 1.12 bits per heavy atom. The topological polar surface area (TPSA) is 59.5 Å². The number of furan rings is 1. The fourth-order valence-corrected chi connectivity index (χ4v) is 2.96. The number of carbonyl (C=O) groups is 1. The first-order chi connectivity index (χ1) is 12.2. The van der Waals surface area contributed by atoms with Gasteiger partial charge in [0.05, 0.1) is 5.92 Å². The van der Waals surface area contributed by atoms with Gasteiger partial charge in [0.1, 0.15) is 11.3 Å². The summed E-state index contributed by atoms with van der Waals surface area (Å²) in [6, 6.07) is 19.8. The molecule has 3 aromatic rings. The van der Waals surface area contributed by atoms with E-state index >= 15 is 0 Å². The number of hydrogen-bond acceptors (Lipinski definition) is 3. The van der Waals surface area contributed by atoms with E-state index < -0.39 is 0 Å². The highest BCUT2D eigenvalue weighted by molar-refractivity contribution is 5.86. The zero-order valence-electron chi connectivity index (χ0n) is 14.9. The summed E-state index contributed by atoms with van der Waals surface area (Å²) in [5.74, 6) is 0.447. The maximum atomic E-state index is 13.1. The second-order valence-electron chi connectivity index (χ2n) is 6.30. The van der Waals surface area contributed by atoms with Crippen LogP contribution in [-0.2, 0) is 11.3 Å². The lowest BCUT2D eigenvalue weighted by Gasteiger charge is -2.25. The van der Waals surface area contributed by atoms with Crippen molar-refractivity contribution in [2.75, 3.05) is 13.1 Å². The second kappa shape index (κ2) is 9.41. The van der Waals surface area contributed by atoms with Crippen LogP contribution in [0.1, 0.15) is 30.6 Å². The SMILES string of the molecule is CC(C(=O)N(CCCN)Cc1ccccc1)c1cc2ccccc2o1.Cl. The van der Waals surface area contributed by atoms with Crippen molar-refractivity contribution in [3.8, 4) is 0 Å². The number of nitrogens with two attached hydrogens (primary N) is 1. The van der Waals surface area contributed by atoms with Crippen LogP contribution in [0, 0.1) is 0 Å². The molecule has 1 atom stereocenters. The van der Waals surface area contributed by atoms with E-state index in [2.05, 4.69) is 0 Å². The van der Waals surface area contributed by atoms with Gasteiger partial charge in [-0.2, -0.15) is 0 Å². The van der Waals surface area contributed by atoms with E-state index in [4.69, 9.17) is 10.2 Å². The maximum Gasteiger partial charge on any atom is 0.233 e. The van der Waals surface area contributed by atoms with Gasteiger partial charge in [-0.25, -0.2) is 0 Å². The van der Waals surface area contributed by atoms with Crippen molar-refractivity contribution in [2.45, 2.75) is 25.8 Å². The van der Waals surface area contributed by atoms with Crippen molar-refractivity contribution >= 4 is 29.3 Å². The molecule has 0 fully saturated rings. The molecular weight excluding hydrogens is 348 g/mol. The van der Waals surface area contributed by atoms with Gasteiger partial charge < -0.3 is 15.1 Å². The van der Waals surface area contributed by atoms with Gasteiger partial charge in [0.2, 0.25) is 5.91 Å². The van der Waals surface area contributed by atoms with E-state index in [1.807, 2.05) is 72.5 Å². The van der Waals surface area contributed by atoms with Gasteiger partial charge in [-0.05, 0) is 37.6 Å². The number of hydrogen-bond donors (Lipinski definition) is 1. The van der Waals surface area contributed by atoms with Crippen LogP contribution in [0.2, 0.25) is 0 Å². The molecule has 0 spiro atoms. The monoisotopic (exact) mass is 372 g/mol. The van der Waals surface area contributed by atoms with Crippen molar-refractivity contribution < 1.29 is 9.21 Å². The van der Waals surface area contributed by atoms with Crippen LogP contribution in [0.3, 0.4) is 0 Å². The van der Waals surface area contributed by atoms with Gasteiger partial charge in [-0.15, -0.1) is 12.4 Å². The van der Waals surface area contributed by atoms with E-state index in [0.29, 0.717) is 25.4 Å². The fourth-order valence-electron chi connectivity index (χ4n) is 2.96. The summed E-state index contributed by atoms with van der Waals surface area (Å²) in [5, 5.41) is 1.02. The minimum atomic E-state index is -0.325. The van der Waals surface area contributed by atoms with Gasteiger partial charge in [0, 0.05) is 18.5 Å². The number of fused-ring (bicyclic) bond motifs is 1. The average Bonchev–Trinajstić information content (AvgIpc) is 3.09. The minimum Gasteiger partial charge on any atom is -0.460 e. The lowest BCUT2D eigenvalue weighted by Crippen LogP contribution is -2.35. The Balaban J connectivity index is 0.00000243. The summed E-state index contributed by atoms with van der Waals surface area (Å²) in [4.78, 5) is 14.9. The molecule has 0 saturated heterocycles. The number of nitrogens with zero attached hydrogens (tertiary/aromatic N) is 1. The van der Waals surface area contributed by atoms with Gasteiger partial charge in [-0.3, -0.25) is 4.79 Å². The van der Waals surface area contributed by atoms with Crippen LogP contribution >= 0.6 is 12.4 Å². The highest BCUT2D eigenvalue weighted by Gasteiger charge is 2.24. The molecule has 0 aliphatic carbocycles. The molecule has 3 rings (SSSR count). The Labute approximate surface area is 160 Å².